The van der Waals surface area contributed by atoms with Crippen LogP contribution in [-0.2, 0) is 4.74 Å². The molecule has 0 bridgehead atoms. The average molecular weight is 295 g/mol. The smallest absolute Gasteiger partial charge is 0.0996 e. The van der Waals surface area contributed by atoms with E-state index in [0.717, 1.165) is 25.7 Å². The topological polar surface area (TPSA) is 9.23 Å². The van der Waals surface area contributed by atoms with Gasteiger partial charge < -0.3 is 4.74 Å². The van der Waals surface area contributed by atoms with Gasteiger partial charge in [-0.3, -0.25) is 0 Å². The normalized spacial score (nSPS) is 12.8. The fourth-order valence-corrected chi connectivity index (χ4v) is 2.19. The Labute approximate surface area is 133 Å². The molecule has 1 heteroatoms. The van der Waals surface area contributed by atoms with Crippen LogP contribution in [0.1, 0.15) is 105 Å². The predicted molar refractivity (Wildman–Crippen MR) is 95.4 cm³/mol. The highest BCUT2D eigenvalue weighted by Crippen LogP contribution is 2.20. The SMILES string of the molecule is CCCC/C=C(/CCCC)O/C(=C\CCCC)CCCC. The molecular weight excluding hydrogens is 256 g/mol. The van der Waals surface area contributed by atoms with Crippen molar-refractivity contribution in [1.82, 2.24) is 0 Å². The molecule has 1 nitrogen and oxygen atoms in total. The van der Waals surface area contributed by atoms with Crippen LogP contribution < -0.4 is 0 Å². The van der Waals surface area contributed by atoms with Gasteiger partial charge in [0.25, 0.3) is 0 Å². The van der Waals surface area contributed by atoms with Crippen LogP contribution in [0.15, 0.2) is 23.7 Å². The fourth-order valence-electron chi connectivity index (χ4n) is 2.19. The van der Waals surface area contributed by atoms with Crippen LogP contribution in [0.2, 0.25) is 0 Å². The molecule has 0 unspecified atom stereocenters. The lowest BCUT2D eigenvalue weighted by atomic mass is 10.1. The molecule has 0 aliphatic heterocycles. The van der Waals surface area contributed by atoms with E-state index >= 15 is 0 Å². The molecule has 124 valence electrons. The Morgan fingerprint density at radius 3 is 1.33 bits per heavy atom. The maximum atomic E-state index is 6.27. The van der Waals surface area contributed by atoms with Crippen LogP contribution in [0.4, 0.5) is 0 Å². The predicted octanol–water partition coefficient (Wildman–Crippen LogP) is 7.53. The maximum Gasteiger partial charge on any atom is 0.0996 e. The van der Waals surface area contributed by atoms with Crippen LogP contribution >= 0.6 is 0 Å². The molecule has 0 saturated heterocycles. The molecule has 0 amide bonds. The summed E-state index contributed by atoms with van der Waals surface area (Å²) in [6.45, 7) is 8.99. The van der Waals surface area contributed by atoms with Gasteiger partial charge in [0.2, 0.25) is 0 Å². The number of ether oxygens (including phenoxy) is 1. The Morgan fingerprint density at radius 1 is 0.619 bits per heavy atom. The molecule has 0 heterocycles. The zero-order valence-electron chi connectivity index (χ0n) is 15.0. The minimum atomic E-state index is 1.09. The van der Waals surface area contributed by atoms with Crippen molar-refractivity contribution in [2.24, 2.45) is 0 Å². The lowest BCUT2D eigenvalue weighted by molar-refractivity contribution is 0.268. The van der Waals surface area contributed by atoms with Crippen molar-refractivity contribution in [3.05, 3.63) is 23.7 Å². The summed E-state index contributed by atoms with van der Waals surface area (Å²) in [5, 5.41) is 0. The van der Waals surface area contributed by atoms with Crippen molar-refractivity contribution in [3.8, 4) is 0 Å². The maximum absolute atomic E-state index is 6.27. The van der Waals surface area contributed by atoms with E-state index in [4.69, 9.17) is 4.74 Å². The first-order chi connectivity index (χ1) is 10.3. The minimum absolute atomic E-state index is 1.09. The highest BCUT2D eigenvalue weighted by molar-refractivity contribution is 5.02. The first-order valence-electron chi connectivity index (χ1n) is 9.34. The second-order valence-electron chi connectivity index (χ2n) is 5.93. The second-order valence-corrected chi connectivity index (χ2v) is 5.93. The van der Waals surface area contributed by atoms with E-state index in [2.05, 4.69) is 39.8 Å². The quantitative estimate of drug-likeness (QED) is 0.237. The summed E-state index contributed by atoms with van der Waals surface area (Å²) >= 11 is 0. The summed E-state index contributed by atoms with van der Waals surface area (Å²) in [6, 6.07) is 0. The summed E-state index contributed by atoms with van der Waals surface area (Å²) in [5.41, 5.74) is 0. The van der Waals surface area contributed by atoms with E-state index in [1.807, 2.05) is 0 Å². The van der Waals surface area contributed by atoms with Gasteiger partial charge in [-0.2, -0.15) is 0 Å². The molecule has 0 rings (SSSR count). The van der Waals surface area contributed by atoms with Gasteiger partial charge in [0.05, 0.1) is 11.5 Å². The Balaban J connectivity index is 4.58. The number of hydrogen-bond donors (Lipinski definition) is 0. The first-order valence-corrected chi connectivity index (χ1v) is 9.34. The molecule has 0 aromatic carbocycles. The molecule has 0 aliphatic rings. The summed E-state index contributed by atoms with van der Waals surface area (Å²) in [5.74, 6) is 2.42. The molecular formula is C20H38O. The van der Waals surface area contributed by atoms with Crippen molar-refractivity contribution >= 4 is 0 Å². The fraction of sp³-hybridized carbons (Fsp3) is 0.800. The van der Waals surface area contributed by atoms with E-state index in [9.17, 15) is 0 Å². The molecule has 0 spiro atoms. The Hall–Kier alpha value is -0.720. The number of hydrogen-bond acceptors (Lipinski definition) is 1. The largest absolute Gasteiger partial charge is 0.467 e. The molecule has 0 aromatic heterocycles. The van der Waals surface area contributed by atoms with Gasteiger partial charge in [-0.1, -0.05) is 53.4 Å². The first kappa shape index (κ1) is 20.3. The molecule has 0 N–H and O–H groups in total. The Kier molecular flexibility index (Phi) is 15.1. The minimum Gasteiger partial charge on any atom is -0.467 e. The van der Waals surface area contributed by atoms with Gasteiger partial charge in [0.1, 0.15) is 0 Å². The molecule has 0 aliphatic carbocycles. The lowest BCUT2D eigenvalue weighted by Gasteiger charge is -2.14. The van der Waals surface area contributed by atoms with Gasteiger partial charge >= 0.3 is 0 Å². The van der Waals surface area contributed by atoms with Crippen LogP contribution in [0.5, 0.6) is 0 Å². The Bertz CT molecular complexity index is 248. The number of allylic oxidation sites excluding steroid dienone is 4. The Morgan fingerprint density at radius 2 is 1.00 bits per heavy atom. The molecule has 0 saturated carbocycles. The van der Waals surface area contributed by atoms with Gasteiger partial charge in [-0.25, -0.2) is 0 Å². The van der Waals surface area contributed by atoms with Crippen LogP contribution in [0.25, 0.3) is 0 Å². The summed E-state index contributed by atoms with van der Waals surface area (Å²) in [7, 11) is 0. The highest BCUT2D eigenvalue weighted by atomic mass is 16.5. The van der Waals surface area contributed by atoms with Crippen LogP contribution in [0, 0.1) is 0 Å². The van der Waals surface area contributed by atoms with E-state index in [1.165, 1.54) is 62.9 Å². The van der Waals surface area contributed by atoms with Crippen molar-refractivity contribution in [2.45, 2.75) is 105 Å². The van der Waals surface area contributed by atoms with Crippen molar-refractivity contribution < 1.29 is 4.74 Å². The molecule has 0 atom stereocenters. The summed E-state index contributed by atoms with van der Waals surface area (Å²) in [6.07, 6.45) is 19.1. The monoisotopic (exact) mass is 294 g/mol. The van der Waals surface area contributed by atoms with Crippen molar-refractivity contribution in [2.75, 3.05) is 0 Å². The van der Waals surface area contributed by atoms with Gasteiger partial charge in [0.15, 0.2) is 0 Å². The highest BCUT2D eigenvalue weighted by Gasteiger charge is 2.04. The van der Waals surface area contributed by atoms with E-state index < -0.39 is 0 Å². The van der Waals surface area contributed by atoms with Crippen molar-refractivity contribution in [3.63, 3.8) is 0 Å². The van der Waals surface area contributed by atoms with E-state index in [0.29, 0.717) is 0 Å². The summed E-state index contributed by atoms with van der Waals surface area (Å²) < 4.78 is 6.27. The zero-order valence-corrected chi connectivity index (χ0v) is 15.0. The third-order valence-electron chi connectivity index (χ3n) is 3.68. The lowest BCUT2D eigenvalue weighted by Crippen LogP contribution is -1.96. The van der Waals surface area contributed by atoms with E-state index in [1.54, 1.807) is 0 Å². The van der Waals surface area contributed by atoms with E-state index in [-0.39, 0.29) is 0 Å². The van der Waals surface area contributed by atoms with Crippen LogP contribution in [-0.4, -0.2) is 0 Å². The van der Waals surface area contributed by atoms with Gasteiger partial charge in [-0.05, 0) is 50.7 Å². The number of rotatable bonds is 14. The molecule has 0 radical (unpaired) electrons. The molecule has 0 fully saturated rings. The average Bonchev–Trinajstić information content (AvgIpc) is 2.50. The standard InChI is InChI=1S/C20H38O/c1-5-9-13-17-19(15-11-7-3)21-20(16-12-8-4)18-14-10-6-2/h17-18H,5-16H2,1-4H3/b19-17-,20-18-. The second kappa shape index (κ2) is 15.7. The third kappa shape index (κ3) is 12.7. The van der Waals surface area contributed by atoms with Gasteiger partial charge in [-0.15, -0.1) is 0 Å². The zero-order chi connectivity index (χ0) is 15.8. The molecule has 21 heavy (non-hydrogen) atoms. The molecule has 0 aromatic rings. The summed E-state index contributed by atoms with van der Waals surface area (Å²) in [4.78, 5) is 0. The van der Waals surface area contributed by atoms with Gasteiger partial charge in [0, 0.05) is 12.8 Å². The number of unbranched alkanes of at least 4 members (excludes halogenated alkanes) is 6. The van der Waals surface area contributed by atoms with Crippen LogP contribution in [0.3, 0.4) is 0 Å². The van der Waals surface area contributed by atoms with Crippen molar-refractivity contribution in [1.29, 1.82) is 0 Å². The third-order valence-corrected chi connectivity index (χ3v) is 3.68.